The van der Waals surface area contributed by atoms with Crippen LogP contribution in [-0.4, -0.2) is 33.8 Å². The second kappa shape index (κ2) is 8.03. The van der Waals surface area contributed by atoms with Crippen LogP contribution in [0.15, 0.2) is 42.6 Å². The van der Waals surface area contributed by atoms with E-state index in [0.29, 0.717) is 24.5 Å². The van der Waals surface area contributed by atoms with Crippen molar-refractivity contribution in [2.45, 2.75) is 27.7 Å². The van der Waals surface area contributed by atoms with E-state index in [9.17, 15) is 4.79 Å². The molecule has 2 aromatic heterocycles. The van der Waals surface area contributed by atoms with Crippen molar-refractivity contribution < 1.29 is 9.53 Å². The largest absolute Gasteiger partial charge is 0.492 e. The van der Waals surface area contributed by atoms with Gasteiger partial charge in [0.15, 0.2) is 5.82 Å². The topological polar surface area (TPSA) is 69.0 Å². The van der Waals surface area contributed by atoms with Crippen LogP contribution in [0.5, 0.6) is 5.75 Å². The van der Waals surface area contributed by atoms with Crippen molar-refractivity contribution in [1.29, 1.82) is 0 Å². The molecule has 3 aromatic rings. The zero-order valence-corrected chi connectivity index (χ0v) is 16.1. The second-order valence-electron chi connectivity index (χ2n) is 6.67. The first-order valence-electron chi connectivity index (χ1n) is 8.91. The molecule has 3 rings (SSSR count). The van der Waals surface area contributed by atoms with E-state index < -0.39 is 0 Å². The molecule has 0 unspecified atom stereocenters. The number of aryl methyl sites for hydroxylation is 4. The summed E-state index contributed by atoms with van der Waals surface area (Å²) >= 11 is 0. The number of hydrogen-bond donors (Lipinski definition) is 1. The Bertz CT molecular complexity index is 925. The maximum atomic E-state index is 12.3. The predicted molar refractivity (Wildman–Crippen MR) is 105 cm³/mol. The molecule has 0 aliphatic rings. The van der Waals surface area contributed by atoms with Gasteiger partial charge in [-0.2, -0.15) is 5.10 Å². The third kappa shape index (κ3) is 4.73. The number of nitrogens with zero attached hydrogens (tertiary/aromatic N) is 3. The number of rotatable bonds is 6. The smallest absolute Gasteiger partial charge is 0.252 e. The van der Waals surface area contributed by atoms with E-state index in [0.717, 1.165) is 28.3 Å². The first kappa shape index (κ1) is 18.6. The molecule has 1 aromatic carbocycles. The van der Waals surface area contributed by atoms with Gasteiger partial charge in [-0.15, -0.1) is 0 Å². The minimum absolute atomic E-state index is 0.175. The lowest BCUT2D eigenvalue weighted by atomic mass is 10.1. The third-order valence-electron chi connectivity index (χ3n) is 4.09. The quantitative estimate of drug-likeness (QED) is 0.682. The Morgan fingerprint density at radius 1 is 1.07 bits per heavy atom. The molecule has 0 atom stereocenters. The van der Waals surface area contributed by atoms with Crippen molar-refractivity contribution in [2.24, 2.45) is 0 Å². The summed E-state index contributed by atoms with van der Waals surface area (Å²) in [4.78, 5) is 16.6. The van der Waals surface area contributed by atoms with Gasteiger partial charge < -0.3 is 10.1 Å². The Morgan fingerprint density at radius 3 is 2.41 bits per heavy atom. The summed E-state index contributed by atoms with van der Waals surface area (Å²) in [6.45, 7) is 8.80. The van der Waals surface area contributed by atoms with Crippen LogP contribution in [0.3, 0.4) is 0 Å². The van der Waals surface area contributed by atoms with E-state index in [1.165, 1.54) is 0 Å². The standard InChI is InChI=1S/C21H24N4O2/c1-14-9-15(2)11-19(10-14)27-8-7-22-21(26)18-5-6-20(23-13-18)25-17(4)12-16(3)24-25/h5-6,9-13H,7-8H2,1-4H3,(H,22,26). The second-order valence-corrected chi connectivity index (χ2v) is 6.67. The fourth-order valence-electron chi connectivity index (χ4n) is 2.96. The van der Waals surface area contributed by atoms with Crippen LogP contribution in [0.4, 0.5) is 0 Å². The van der Waals surface area contributed by atoms with Crippen molar-refractivity contribution in [2.75, 3.05) is 13.2 Å². The number of ether oxygens (including phenoxy) is 1. The summed E-state index contributed by atoms with van der Waals surface area (Å²) < 4.78 is 7.46. The normalized spacial score (nSPS) is 10.7. The molecule has 0 aliphatic heterocycles. The summed E-state index contributed by atoms with van der Waals surface area (Å²) in [6.07, 6.45) is 1.56. The number of hydrogen-bond acceptors (Lipinski definition) is 4. The van der Waals surface area contributed by atoms with Gasteiger partial charge in [0.1, 0.15) is 12.4 Å². The maximum absolute atomic E-state index is 12.3. The number of pyridine rings is 1. The van der Waals surface area contributed by atoms with Gasteiger partial charge in [0, 0.05) is 11.9 Å². The Morgan fingerprint density at radius 2 is 1.81 bits per heavy atom. The lowest BCUT2D eigenvalue weighted by Crippen LogP contribution is -2.28. The highest BCUT2D eigenvalue weighted by Crippen LogP contribution is 2.16. The lowest BCUT2D eigenvalue weighted by Gasteiger charge is -2.10. The SMILES string of the molecule is Cc1cc(C)cc(OCCNC(=O)c2ccc(-n3nc(C)cc3C)nc2)c1. The molecule has 0 fully saturated rings. The number of benzene rings is 1. The van der Waals surface area contributed by atoms with Crippen LogP contribution >= 0.6 is 0 Å². The monoisotopic (exact) mass is 364 g/mol. The number of aromatic nitrogens is 3. The number of carbonyl (C=O) groups excluding carboxylic acids is 1. The molecule has 0 spiro atoms. The van der Waals surface area contributed by atoms with Gasteiger partial charge in [-0.3, -0.25) is 4.79 Å². The molecule has 1 amide bonds. The van der Waals surface area contributed by atoms with E-state index in [4.69, 9.17) is 4.74 Å². The predicted octanol–water partition coefficient (Wildman–Crippen LogP) is 3.31. The van der Waals surface area contributed by atoms with Gasteiger partial charge >= 0.3 is 0 Å². The van der Waals surface area contributed by atoms with Gasteiger partial charge in [0.2, 0.25) is 0 Å². The minimum atomic E-state index is -0.175. The van der Waals surface area contributed by atoms with Crippen LogP contribution in [0.2, 0.25) is 0 Å². The maximum Gasteiger partial charge on any atom is 0.252 e. The molecule has 0 saturated carbocycles. The summed E-state index contributed by atoms with van der Waals surface area (Å²) in [6, 6.07) is 11.6. The van der Waals surface area contributed by atoms with Crippen LogP contribution < -0.4 is 10.1 Å². The van der Waals surface area contributed by atoms with Gasteiger partial charge in [-0.1, -0.05) is 6.07 Å². The van der Waals surface area contributed by atoms with Crippen LogP contribution in [0.25, 0.3) is 5.82 Å². The first-order chi connectivity index (χ1) is 12.9. The van der Waals surface area contributed by atoms with Crippen LogP contribution in [0.1, 0.15) is 32.9 Å². The van der Waals surface area contributed by atoms with E-state index in [1.807, 2.05) is 45.9 Å². The lowest BCUT2D eigenvalue weighted by molar-refractivity contribution is 0.0946. The molecule has 140 valence electrons. The number of amides is 1. The molecule has 27 heavy (non-hydrogen) atoms. The molecular weight excluding hydrogens is 340 g/mol. The van der Waals surface area contributed by atoms with E-state index >= 15 is 0 Å². The summed E-state index contributed by atoms with van der Waals surface area (Å²) in [7, 11) is 0. The fourth-order valence-corrected chi connectivity index (χ4v) is 2.96. The fraction of sp³-hybridized carbons (Fsp3) is 0.286. The number of carbonyl (C=O) groups is 1. The Balaban J connectivity index is 1.53. The average molecular weight is 364 g/mol. The Labute approximate surface area is 159 Å². The highest BCUT2D eigenvalue weighted by Gasteiger charge is 2.09. The molecule has 0 radical (unpaired) electrons. The van der Waals surface area contributed by atoms with Gasteiger partial charge in [0.05, 0.1) is 17.8 Å². The molecule has 1 N–H and O–H groups in total. The average Bonchev–Trinajstić information content (AvgIpc) is 2.96. The van der Waals surface area contributed by atoms with Crippen molar-refractivity contribution >= 4 is 5.91 Å². The summed E-state index contributed by atoms with van der Waals surface area (Å²) in [5.41, 5.74) is 4.75. The highest BCUT2D eigenvalue weighted by molar-refractivity contribution is 5.93. The summed E-state index contributed by atoms with van der Waals surface area (Å²) in [5, 5.41) is 7.24. The molecular formula is C21H24N4O2. The molecule has 6 heteroatoms. The summed E-state index contributed by atoms with van der Waals surface area (Å²) in [5.74, 6) is 1.33. The zero-order chi connectivity index (χ0) is 19.4. The number of nitrogens with one attached hydrogen (secondary N) is 1. The van der Waals surface area contributed by atoms with Crippen LogP contribution in [-0.2, 0) is 0 Å². The zero-order valence-electron chi connectivity index (χ0n) is 16.1. The highest BCUT2D eigenvalue weighted by atomic mass is 16.5. The van der Waals surface area contributed by atoms with Crippen molar-refractivity contribution in [3.8, 4) is 11.6 Å². The minimum Gasteiger partial charge on any atom is -0.492 e. The first-order valence-corrected chi connectivity index (χ1v) is 8.91. The van der Waals surface area contributed by atoms with E-state index in [-0.39, 0.29) is 5.91 Å². The Kier molecular flexibility index (Phi) is 5.54. The van der Waals surface area contributed by atoms with Crippen LogP contribution in [0, 0.1) is 27.7 Å². The Hall–Kier alpha value is -3.15. The van der Waals surface area contributed by atoms with Crippen molar-refractivity contribution in [3.05, 3.63) is 70.7 Å². The van der Waals surface area contributed by atoms with Gasteiger partial charge in [0.25, 0.3) is 5.91 Å². The molecule has 0 bridgehead atoms. The van der Waals surface area contributed by atoms with E-state index in [2.05, 4.69) is 21.5 Å². The third-order valence-corrected chi connectivity index (χ3v) is 4.09. The molecule has 0 saturated heterocycles. The van der Waals surface area contributed by atoms with Gasteiger partial charge in [-0.25, -0.2) is 9.67 Å². The van der Waals surface area contributed by atoms with E-state index in [1.54, 1.807) is 23.0 Å². The molecule has 2 heterocycles. The van der Waals surface area contributed by atoms with Crippen molar-refractivity contribution in [1.82, 2.24) is 20.1 Å². The van der Waals surface area contributed by atoms with Crippen molar-refractivity contribution in [3.63, 3.8) is 0 Å². The molecule has 6 nitrogen and oxygen atoms in total. The van der Waals surface area contributed by atoms with Gasteiger partial charge in [-0.05, 0) is 69.2 Å². The molecule has 0 aliphatic carbocycles.